The van der Waals surface area contributed by atoms with Gasteiger partial charge in [-0.25, -0.2) is 4.39 Å². The topological polar surface area (TPSA) is 0 Å². The Hall–Kier alpha value is -0.760. The molecule has 0 saturated heterocycles. The van der Waals surface area contributed by atoms with Crippen LogP contribution >= 0.6 is 11.8 Å². The van der Waals surface area contributed by atoms with Crippen molar-refractivity contribution in [2.45, 2.75) is 4.90 Å². The first-order valence-electron chi connectivity index (χ1n) is 3.15. The second-order valence-electron chi connectivity index (χ2n) is 2.00. The molecule has 0 bridgehead atoms. The Morgan fingerprint density at radius 2 is 2.27 bits per heavy atom. The summed E-state index contributed by atoms with van der Waals surface area (Å²) in [5.41, 5.74) is 0.442. The molecule has 1 radical (unpaired) electrons. The fourth-order valence-electron chi connectivity index (χ4n) is 0.805. The molecule has 0 atom stereocenters. The van der Waals surface area contributed by atoms with Gasteiger partial charge in [0.1, 0.15) is 5.82 Å². The van der Waals surface area contributed by atoms with E-state index in [0.717, 1.165) is 0 Å². The number of halogens is 1. The molecule has 0 heterocycles. The third kappa shape index (κ3) is 1.63. The van der Waals surface area contributed by atoms with Gasteiger partial charge in [0.2, 0.25) is 0 Å². The van der Waals surface area contributed by atoms with Crippen LogP contribution in [0.3, 0.4) is 0 Å². The second kappa shape index (κ2) is 3.58. The van der Waals surface area contributed by atoms with E-state index in [4.69, 9.17) is 0 Å². The van der Waals surface area contributed by atoms with Crippen molar-refractivity contribution in [1.82, 2.24) is 0 Å². The highest BCUT2D eigenvalue weighted by Gasteiger charge is 2.02. The molecule has 0 unspecified atom stereocenters. The number of thioether (sulfide) groups is 1. The molecule has 0 nitrogen and oxygen atoms in total. The highest BCUT2D eigenvalue weighted by atomic mass is 32.2. The van der Waals surface area contributed by atoms with Crippen molar-refractivity contribution in [3.05, 3.63) is 42.2 Å². The van der Waals surface area contributed by atoms with Crippen LogP contribution in [0.1, 0.15) is 5.56 Å². The van der Waals surface area contributed by atoms with Crippen LogP contribution < -0.4 is 0 Å². The lowest BCUT2D eigenvalue weighted by Gasteiger charge is -2.00. The maximum Gasteiger partial charge on any atom is 0.144 e. The standard InChI is InChI=1S/C9H8FS/c1-3-7-5-4-6-8(11-2)9(7)10/h4-6H,1H2,2H3. The Labute approximate surface area is 70.1 Å². The first kappa shape index (κ1) is 8.34. The van der Waals surface area contributed by atoms with Gasteiger partial charge in [0, 0.05) is 10.5 Å². The summed E-state index contributed by atoms with van der Waals surface area (Å²) in [7, 11) is 0. The lowest BCUT2D eigenvalue weighted by molar-refractivity contribution is 0.596. The molecule has 0 saturated carbocycles. The van der Waals surface area contributed by atoms with Crippen molar-refractivity contribution in [1.29, 1.82) is 0 Å². The molecule has 0 aliphatic carbocycles. The maximum atomic E-state index is 13.1. The summed E-state index contributed by atoms with van der Waals surface area (Å²) in [4.78, 5) is 0.638. The van der Waals surface area contributed by atoms with Crippen LogP contribution in [0, 0.1) is 11.9 Å². The van der Waals surface area contributed by atoms with Crippen molar-refractivity contribution in [2.75, 3.05) is 6.26 Å². The molecule has 1 aromatic rings. The van der Waals surface area contributed by atoms with Crippen molar-refractivity contribution in [3.8, 4) is 0 Å². The van der Waals surface area contributed by atoms with E-state index in [1.165, 1.54) is 11.8 Å². The van der Waals surface area contributed by atoms with Crippen molar-refractivity contribution < 1.29 is 4.39 Å². The summed E-state index contributed by atoms with van der Waals surface area (Å²) in [5, 5.41) is 0. The van der Waals surface area contributed by atoms with E-state index in [0.29, 0.717) is 10.5 Å². The summed E-state index contributed by atoms with van der Waals surface area (Å²) in [6.07, 6.45) is 4.37. The maximum absolute atomic E-state index is 13.1. The van der Waals surface area contributed by atoms with Gasteiger partial charge in [0.25, 0.3) is 0 Å². The van der Waals surface area contributed by atoms with Gasteiger partial charge in [0.05, 0.1) is 0 Å². The summed E-state index contributed by atoms with van der Waals surface area (Å²) >= 11 is 1.38. The molecule has 0 aliphatic rings. The quantitative estimate of drug-likeness (QED) is 0.610. The molecule has 1 rings (SSSR count). The molecule has 11 heavy (non-hydrogen) atoms. The molecule has 0 aromatic heterocycles. The minimum absolute atomic E-state index is 0.227. The van der Waals surface area contributed by atoms with E-state index in [2.05, 4.69) is 12.7 Å². The predicted octanol–water partition coefficient (Wildman–Crippen LogP) is 2.88. The third-order valence-electron chi connectivity index (χ3n) is 1.37. The zero-order chi connectivity index (χ0) is 8.27. The summed E-state index contributed by atoms with van der Waals surface area (Å²) in [6, 6.07) is 5.19. The molecular weight excluding hydrogens is 159 g/mol. The average Bonchev–Trinajstić information content (AvgIpc) is 2.05. The van der Waals surface area contributed by atoms with Crippen LogP contribution in [-0.4, -0.2) is 6.26 Å². The smallest absolute Gasteiger partial charge is 0.144 e. The zero-order valence-corrected chi connectivity index (χ0v) is 7.04. The summed E-state index contributed by atoms with van der Waals surface area (Å²) in [6.45, 7) is 3.39. The summed E-state index contributed by atoms with van der Waals surface area (Å²) < 4.78 is 13.1. The average molecular weight is 167 g/mol. The largest absolute Gasteiger partial charge is 0.205 e. The SMILES string of the molecule is C=[C]c1cccc(SC)c1F. The minimum atomic E-state index is -0.227. The van der Waals surface area contributed by atoms with Crippen LogP contribution in [0.4, 0.5) is 4.39 Å². The highest BCUT2D eigenvalue weighted by molar-refractivity contribution is 7.98. The van der Waals surface area contributed by atoms with Crippen LogP contribution in [0.2, 0.25) is 0 Å². The van der Waals surface area contributed by atoms with Crippen molar-refractivity contribution in [2.24, 2.45) is 0 Å². The number of benzene rings is 1. The van der Waals surface area contributed by atoms with E-state index in [9.17, 15) is 4.39 Å². The monoisotopic (exact) mass is 167 g/mol. The Bertz CT molecular complexity index is 268. The Morgan fingerprint density at radius 1 is 1.55 bits per heavy atom. The molecule has 0 spiro atoms. The lowest BCUT2D eigenvalue weighted by atomic mass is 10.2. The van der Waals surface area contributed by atoms with E-state index in [1.54, 1.807) is 18.2 Å². The summed E-state index contributed by atoms with van der Waals surface area (Å²) in [5.74, 6) is -0.227. The number of hydrogen-bond acceptors (Lipinski definition) is 1. The first-order chi connectivity index (χ1) is 5.29. The number of rotatable bonds is 2. The van der Waals surface area contributed by atoms with Gasteiger partial charge in [-0.3, -0.25) is 0 Å². The van der Waals surface area contributed by atoms with E-state index >= 15 is 0 Å². The molecule has 57 valence electrons. The molecule has 2 heteroatoms. The van der Waals surface area contributed by atoms with E-state index in [1.807, 2.05) is 6.26 Å². The van der Waals surface area contributed by atoms with Gasteiger partial charge in [-0.05, 0) is 18.4 Å². The Balaban J connectivity index is 3.20. The van der Waals surface area contributed by atoms with Crippen LogP contribution in [0.5, 0.6) is 0 Å². The van der Waals surface area contributed by atoms with Gasteiger partial charge < -0.3 is 0 Å². The van der Waals surface area contributed by atoms with Crippen molar-refractivity contribution >= 4 is 11.8 Å². The normalized spacial score (nSPS) is 9.64. The molecular formula is C9H8FS. The fraction of sp³-hybridized carbons (Fsp3) is 0.111. The first-order valence-corrected chi connectivity index (χ1v) is 4.37. The zero-order valence-electron chi connectivity index (χ0n) is 6.23. The Kier molecular flexibility index (Phi) is 2.71. The Morgan fingerprint density at radius 3 is 2.82 bits per heavy atom. The number of hydrogen-bond donors (Lipinski definition) is 0. The molecule has 1 aromatic carbocycles. The molecule has 0 amide bonds. The fourth-order valence-corrected chi connectivity index (χ4v) is 1.31. The van der Waals surface area contributed by atoms with Gasteiger partial charge in [-0.15, -0.1) is 11.8 Å². The molecule has 0 fully saturated rings. The van der Waals surface area contributed by atoms with E-state index < -0.39 is 0 Å². The van der Waals surface area contributed by atoms with Crippen LogP contribution in [-0.2, 0) is 0 Å². The van der Waals surface area contributed by atoms with Gasteiger partial charge in [-0.1, -0.05) is 18.7 Å². The van der Waals surface area contributed by atoms with Gasteiger partial charge in [-0.2, -0.15) is 0 Å². The van der Waals surface area contributed by atoms with E-state index in [-0.39, 0.29) is 5.82 Å². The third-order valence-corrected chi connectivity index (χ3v) is 2.13. The van der Waals surface area contributed by atoms with Crippen molar-refractivity contribution in [3.63, 3.8) is 0 Å². The molecule has 0 N–H and O–H groups in total. The highest BCUT2D eigenvalue weighted by Crippen LogP contribution is 2.21. The van der Waals surface area contributed by atoms with Gasteiger partial charge >= 0.3 is 0 Å². The van der Waals surface area contributed by atoms with Gasteiger partial charge in [0.15, 0.2) is 0 Å². The lowest BCUT2D eigenvalue weighted by Crippen LogP contribution is -1.85. The predicted molar refractivity (Wildman–Crippen MR) is 46.2 cm³/mol. The van der Waals surface area contributed by atoms with Crippen LogP contribution in [0.25, 0.3) is 0 Å². The second-order valence-corrected chi connectivity index (χ2v) is 2.85. The molecule has 0 aliphatic heterocycles. The minimum Gasteiger partial charge on any atom is -0.205 e. The van der Waals surface area contributed by atoms with Crippen LogP contribution in [0.15, 0.2) is 29.7 Å².